The quantitative estimate of drug-likeness (QED) is 0.802. The van der Waals surface area contributed by atoms with Gasteiger partial charge in [-0.15, -0.1) is 11.8 Å². The van der Waals surface area contributed by atoms with Gasteiger partial charge >= 0.3 is 0 Å². The van der Waals surface area contributed by atoms with Crippen molar-refractivity contribution in [1.82, 2.24) is 0 Å². The number of thioether (sulfide) groups is 1. The maximum atomic E-state index is 11.9. The Morgan fingerprint density at radius 1 is 1.18 bits per heavy atom. The zero-order valence-corrected chi connectivity index (χ0v) is 14.3. The molecule has 0 radical (unpaired) electrons. The van der Waals surface area contributed by atoms with Gasteiger partial charge in [0.05, 0.1) is 12.9 Å². The third-order valence-electron chi connectivity index (χ3n) is 2.89. The molecule has 0 bridgehead atoms. The molecule has 0 heterocycles. The number of anilines is 1. The fraction of sp³-hybridized carbons (Fsp3) is 0.188. The van der Waals surface area contributed by atoms with Crippen LogP contribution in [0.3, 0.4) is 0 Å². The smallest absolute Gasteiger partial charge is 0.234 e. The summed E-state index contributed by atoms with van der Waals surface area (Å²) in [6.07, 6.45) is 0. The number of ether oxygens (including phenoxy) is 1. The first-order chi connectivity index (χ1) is 10.6. The molecule has 1 amide bonds. The second-order valence-electron chi connectivity index (χ2n) is 4.47. The second kappa shape index (κ2) is 8.32. The molecule has 0 aliphatic heterocycles. The van der Waals surface area contributed by atoms with Crippen LogP contribution in [-0.4, -0.2) is 18.8 Å². The number of rotatable bonds is 6. The number of carbonyl (C=O) groups excluding carboxylic acids is 1. The van der Waals surface area contributed by atoms with Gasteiger partial charge in [-0.25, -0.2) is 0 Å². The summed E-state index contributed by atoms with van der Waals surface area (Å²) in [5.41, 5.74) is 1.56. The van der Waals surface area contributed by atoms with Crippen LogP contribution >= 0.6 is 35.0 Å². The second-order valence-corrected chi connectivity index (χ2v) is 6.27. The van der Waals surface area contributed by atoms with Crippen LogP contribution in [0.4, 0.5) is 5.69 Å². The predicted octanol–water partition coefficient (Wildman–Crippen LogP) is 4.87. The van der Waals surface area contributed by atoms with E-state index in [1.165, 1.54) is 11.8 Å². The topological polar surface area (TPSA) is 38.3 Å². The maximum absolute atomic E-state index is 11.9. The zero-order chi connectivity index (χ0) is 15.9. The Bertz CT molecular complexity index is 644. The number of carbonyl (C=O) groups is 1. The molecule has 0 unspecified atom stereocenters. The van der Waals surface area contributed by atoms with E-state index in [-0.39, 0.29) is 5.91 Å². The molecule has 2 rings (SSSR count). The summed E-state index contributed by atoms with van der Waals surface area (Å²) in [5, 5.41) is 4.06. The summed E-state index contributed by atoms with van der Waals surface area (Å²) < 4.78 is 5.12. The Morgan fingerprint density at radius 3 is 2.55 bits per heavy atom. The SMILES string of the molecule is COc1cccc(NC(=O)CSCc2c(Cl)cccc2Cl)c1. The molecule has 3 nitrogen and oxygen atoms in total. The van der Waals surface area contributed by atoms with Gasteiger partial charge in [-0.1, -0.05) is 35.3 Å². The first-order valence-electron chi connectivity index (χ1n) is 6.54. The number of nitrogens with one attached hydrogen (secondary N) is 1. The van der Waals surface area contributed by atoms with Crippen LogP contribution in [0.2, 0.25) is 10.0 Å². The van der Waals surface area contributed by atoms with Gasteiger partial charge < -0.3 is 10.1 Å². The molecular weight excluding hydrogens is 341 g/mol. The third-order valence-corrected chi connectivity index (χ3v) is 4.56. The number of amides is 1. The molecule has 0 aliphatic rings. The molecule has 22 heavy (non-hydrogen) atoms. The van der Waals surface area contributed by atoms with Crippen LogP contribution in [-0.2, 0) is 10.5 Å². The molecule has 0 spiro atoms. The summed E-state index contributed by atoms with van der Waals surface area (Å²) in [7, 11) is 1.59. The lowest BCUT2D eigenvalue weighted by atomic mass is 10.2. The number of halogens is 2. The molecule has 6 heteroatoms. The minimum atomic E-state index is -0.0820. The third kappa shape index (κ3) is 4.83. The molecule has 0 aromatic heterocycles. The Labute approximate surface area is 144 Å². The fourth-order valence-corrected chi connectivity index (χ4v) is 3.38. The highest BCUT2D eigenvalue weighted by Crippen LogP contribution is 2.28. The van der Waals surface area contributed by atoms with Crippen LogP contribution in [0.15, 0.2) is 42.5 Å². The van der Waals surface area contributed by atoms with Gasteiger partial charge in [0, 0.05) is 27.6 Å². The number of hydrogen-bond acceptors (Lipinski definition) is 3. The molecule has 0 saturated heterocycles. The molecule has 0 fully saturated rings. The van der Waals surface area contributed by atoms with Gasteiger partial charge in [0.25, 0.3) is 0 Å². The van der Waals surface area contributed by atoms with Gasteiger partial charge in [0.1, 0.15) is 5.75 Å². The van der Waals surface area contributed by atoms with E-state index in [9.17, 15) is 4.79 Å². The molecule has 1 N–H and O–H groups in total. The molecular formula is C16H15Cl2NO2S. The van der Waals surface area contributed by atoms with Crippen LogP contribution in [0, 0.1) is 0 Å². The van der Waals surface area contributed by atoms with E-state index in [1.807, 2.05) is 18.2 Å². The van der Waals surface area contributed by atoms with E-state index in [0.29, 0.717) is 33.0 Å². The summed E-state index contributed by atoms with van der Waals surface area (Å²) >= 11 is 13.7. The molecule has 2 aromatic rings. The highest BCUT2D eigenvalue weighted by Gasteiger charge is 2.08. The monoisotopic (exact) mass is 355 g/mol. The van der Waals surface area contributed by atoms with Crippen LogP contribution in [0.1, 0.15) is 5.56 Å². The molecule has 2 aromatic carbocycles. The van der Waals surface area contributed by atoms with Crippen LogP contribution in [0.5, 0.6) is 5.75 Å². The van der Waals surface area contributed by atoms with Gasteiger partial charge in [-0.3, -0.25) is 4.79 Å². The number of benzene rings is 2. The summed E-state index contributed by atoms with van der Waals surface area (Å²) in [6, 6.07) is 12.6. The van der Waals surface area contributed by atoms with Gasteiger partial charge in [-0.05, 0) is 29.8 Å². The van der Waals surface area contributed by atoms with Gasteiger partial charge in [0.15, 0.2) is 0 Å². The van der Waals surface area contributed by atoms with E-state index in [1.54, 1.807) is 31.4 Å². The average Bonchev–Trinajstić information content (AvgIpc) is 2.50. The van der Waals surface area contributed by atoms with Crippen LogP contribution in [0.25, 0.3) is 0 Å². The maximum Gasteiger partial charge on any atom is 0.234 e. The summed E-state index contributed by atoms with van der Waals surface area (Å²) in [4.78, 5) is 11.9. The summed E-state index contributed by atoms with van der Waals surface area (Å²) in [5.74, 6) is 1.53. The van der Waals surface area contributed by atoms with Crippen molar-refractivity contribution in [3.63, 3.8) is 0 Å². The lowest BCUT2D eigenvalue weighted by Gasteiger charge is -2.08. The van der Waals surface area contributed by atoms with E-state index in [2.05, 4.69) is 5.32 Å². The van der Waals surface area contributed by atoms with Crippen molar-refractivity contribution in [2.75, 3.05) is 18.2 Å². The molecule has 0 aliphatic carbocycles. The van der Waals surface area contributed by atoms with Crippen LogP contribution < -0.4 is 10.1 Å². The molecule has 0 atom stereocenters. The van der Waals surface area contributed by atoms with Crippen molar-refractivity contribution >= 4 is 46.6 Å². The van der Waals surface area contributed by atoms with Crippen molar-refractivity contribution in [2.24, 2.45) is 0 Å². The number of methoxy groups -OCH3 is 1. The number of hydrogen-bond donors (Lipinski definition) is 1. The average molecular weight is 356 g/mol. The van der Waals surface area contributed by atoms with Gasteiger partial charge in [0.2, 0.25) is 5.91 Å². The van der Waals surface area contributed by atoms with Gasteiger partial charge in [-0.2, -0.15) is 0 Å². The fourth-order valence-electron chi connectivity index (χ4n) is 1.81. The molecule has 116 valence electrons. The normalized spacial score (nSPS) is 10.3. The largest absolute Gasteiger partial charge is 0.497 e. The lowest BCUT2D eigenvalue weighted by molar-refractivity contribution is -0.113. The predicted molar refractivity (Wildman–Crippen MR) is 94.2 cm³/mol. The lowest BCUT2D eigenvalue weighted by Crippen LogP contribution is -2.14. The zero-order valence-electron chi connectivity index (χ0n) is 11.9. The Kier molecular flexibility index (Phi) is 6.43. The van der Waals surface area contributed by atoms with E-state index in [4.69, 9.17) is 27.9 Å². The highest BCUT2D eigenvalue weighted by molar-refractivity contribution is 7.99. The highest BCUT2D eigenvalue weighted by atomic mass is 35.5. The molecule has 0 saturated carbocycles. The Hall–Kier alpha value is -1.36. The van der Waals surface area contributed by atoms with E-state index < -0.39 is 0 Å². The standard InChI is InChI=1S/C16H15Cl2NO2S/c1-21-12-5-2-4-11(8-12)19-16(20)10-22-9-13-14(17)6-3-7-15(13)18/h2-8H,9-10H2,1H3,(H,19,20). The first kappa shape index (κ1) is 17.0. The minimum absolute atomic E-state index is 0.0820. The van der Waals surface area contributed by atoms with Crippen molar-refractivity contribution in [3.05, 3.63) is 58.1 Å². The summed E-state index contributed by atoms with van der Waals surface area (Å²) in [6.45, 7) is 0. The van der Waals surface area contributed by atoms with E-state index >= 15 is 0 Å². The van der Waals surface area contributed by atoms with Crippen molar-refractivity contribution < 1.29 is 9.53 Å². The van der Waals surface area contributed by atoms with Crippen molar-refractivity contribution in [1.29, 1.82) is 0 Å². The van der Waals surface area contributed by atoms with Crippen molar-refractivity contribution in [3.8, 4) is 5.75 Å². The van der Waals surface area contributed by atoms with E-state index in [0.717, 1.165) is 5.56 Å². The minimum Gasteiger partial charge on any atom is -0.497 e. The Morgan fingerprint density at radius 2 is 1.86 bits per heavy atom. The first-order valence-corrected chi connectivity index (χ1v) is 8.45. The van der Waals surface area contributed by atoms with Crippen molar-refractivity contribution in [2.45, 2.75) is 5.75 Å². The Balaban J connectivity index is 1.85.